The van der Waals surface area contributed by atoms with E-state index in [1.54, 1.807) is 12.1 Å². The van der Waals surface area contributed by atoms with Crippen molar-refractivity contribution >= 4 is 23.4 Å². The van der Waals surface area contributed by atoms with Gasteiger partial charge >= 0.3 is 6.09 Å². The predicted octanol–water partition coefficient (Wildman–Crippen LogP) is -0.137. The number of nitrogens with one attached hydrogen (secondary N) is 2. The molecule has 0 radical (unpaired) electrons. The highest BCUT2D eigenvalue weighted by Crippen LogP contribution is 2.28. The van der Waals surface area contributed by atoms with Crippen LogP contribution in [0.25, 0.3) is 0 Å². The molecule has 3 N–H and O–H groups in total. The van der Waals surface area contributed by atoms with Gasteiger partial charge in [-0.2, -0.15) is 0 Å². The summed E-state index contributed by atoms with van der Waals surface area (Å²) in [7, 11) is 0. The van der Waals surface area contributed by atoms with E-state index in [1.807, 2.05) is 9.91 Å². The van der Waals surface area contributed by atoms with E-state index >= 15 is 0 Å². The largest absolute Gasteiger partial charge is 0.442 e. The molecule has 0 bridgehead atoms. The Labute approximate surface area is 156 Å². The minimum absolute atomic E-state index is 0.0604. The van der Waals surface area contributed by atoms with Crippen LogP contribution >= 0.6 is 0 Å². The summed E-state index contributed by atoms with van der Waals surface area (Å²) in [4.78, 5) is 26.2. The summed E-state index contributed by atoms with van der Waals surface area (Å²) < 4.78 is 19.9. The molecule has 0 unspecified atom stereocenters. The highest BCUT2D eigenvalue weighted by Gasteiger charge is 2.33. The van der Waals surface area contributed by atoms with Gasteiger partial charge in [-0.25, -0.2) is 19.6 Å². The van der Waals surface area contributed by atoms with E-state index in [0.717, 1.165) is 0 Å². The number of ether oxygens (including phenoxy) is 1. The molecule has 10 heteroatoms. The molecule has 2 aliphatic rings. The fraction of sp³-hybridized carbons (Fsp3) is 0.529. The number of benzene rings is 1. The zero-order valence-electron chi connectivity index (χ0n) is 15.2. The quantitative estimate of drug-likeness (QED) is 0.631. The third-order valence-electron chi connectivity index (χ3n) is 4.53. The van der Waals surface area contributed by atoms with E-state index in [9.17, 15) is 14.0 Å². The molecule has 27 heavy (non-hydrogen) atoms. The Balaban J connectivity index is 1.63. The number of aliphatic hydroxyl groups excluding tert-OH is 1. The van der Waals surface area contributed by atoms with Crippen LogP contribution in [0.4, 0.5) is 20.6 Å². The molecule has 0 aliphatic carbocycles. The second-order valence-electron chi connectivity index (χ2n) is 6.48. The molecule has 1 aromatic carbocycles. The maximum absolute atomic E-state index is 14.7. The summed E-state index contributed by atoms with van der Waals surface area (Å²) in [6.45, 7) is 4.15. The Bertz CT molecular complexity index is 696. The molecule has 1 aromatic rings. The van der Waals surface area contributed by atoms with Crippen molar-refractivity contribution in [3.8, 4) is 0 Å². The number of nitrogens with zero attached hydrogens (tertiary/aromatic N) is 3. The molecular formula is C17H24FN5O4. The standard InChI is InChI=1S/C17H24FN5O4/c1-12(25)19-9-14-10-23(17(26)27-14)13-2-3-16(15(18)8-13)21-4-5-22(6-7-24)20-11-21/h2-3,8,14,20,24H,4-7,9-11H2,1H3,(H,19,25)/t14-/m0/s1. The number of halogens is 1. The molecule has 2 saturated heterocycles. The Morgan fingerprint density at radius 2 is 2.26 bits per heavy atom. The number of hydrazine groups is 1. The lowest BCUT2D eigenvalue weighted by Crippen LogP contribution is -2.55. The lowest BCUT2D eigenvalue weighted by Gasteiger charge is -2.36. The fourth-order valence-electron chi connectivity index (χ4n) is 3.12. The number of cyclic esters (lactones) is 1. The minimum atomic E-state index is -0.559. The van der Waals surface area contributed by atoms with Gasteiger partial charge in [0, 0.05) is 26.6 Å². The highest BCUT2D eigenvalue weighted by atomic mass is 19.1. The summed E-state index contributed by atoms with van der Waals surface area (Å²) in [6.07, 6.45) is -1.02. The third kappa shape index (κ3) is 4.65. The predicted molar refractivity (Wildman–Crippen MR) is 96.7 cm³/mol. The molecular weight excluding hydrogens is 357 g/mol. The Morgan fingerprint density at radius 1 is 1.44 bits per heavy atom. The van der Waals surface area contributed by atoms with Gasteiger partial charge in [0.05, 0.1) is 37.7 Å². The van der Waals surface area contributed by atoms with Gasteiger partial charge in [-0.15, -0.1) is 0 Å². The van der Waals surface area contributed by atoms with Gasteiger partial charge in [0.25, 0.3) is 0 Å². The van der Waals surface area contributed by atoms with Crippen molar-refractivity contribution in [1.82, 2.24) is 15.8 Å². The monoisotopic (exact) mass is 381 g/mol. The maximum atomic E-state index is 14.7. The van der Waals surface area contributed by atoms with Gasteiger partial charge in [-0.1, -0.05) is 0 Å². The molecule has 0 saturated carbocycles. The molecule has 2 fully saturated rings. The van der Waals surface area contributed by atoms with Crippen LogP contribution < -0.4 is 20.5 Å². The van der Waals surface area contributed by atoms with Crippen LogP contribution in [0.5, 0.6) is 0 Å². The summed E-state index contributed by atoms with van der Waals surface area (Å²) >= 11 is 0. The normalized spacial score (nSPS) is 20.7. The first-order chi connectivity index (χ1) is 13.0. The number of hydrogen-bond acceptors (Lipinski definition) is 7. The summed E-state index contributed by atoms with van der Waals surface area (Å²) in [5, 5.41) is 13.5. The molecule has 0 aromatic heterocycles. The molecule has 0 spiro atoms. The first kappa shape index (κ1) is 19.3. The maximum Gasteiger partial charge on any atom is 0.414 e. The average Bonchev–Trinajstić information content (AvgIpc) is 3.02. The van der Waals surface area contributed by atoms with E-state index in [-0.39, 0.29) is 25.6 Å². The molecule has 2 heterocycles. The van der Waals surface area contributed by atoms with Crippen LogP contribution in [0.2, 0.25) is 0 Å². The number of β-amino-alcohol motifs (C(OH)–C–C–N with tert-alkyl or cyclic N) is 1. The molecule has 9 nitrogen and oxygen atoms in total. The van der Waals surface area contributed by atoms with Crippen LogP contribution in [0, 0.1) is 5.82 Å². The molecule has 2 aliphatic heterocycles. The zero-order valence-corrected chi connectivity index (χ0v) is 15.2. The Morgan fingerprint density at radius 3 is 2.89 bits per heavy atom. The topological polar surface area (TPSA) is 97.4 Å². The van der Waals surface area contributed by atoms with E-state index in [2.05, 4.69) is 10.7 Å². The number of anilines is 2. The number of aliphatic hydroxyl groups is 1. The SMILES string of the molecule is CC(=O)NC[C@H]1CN(c2ccc(N3CCN(CCO)NC3)c(F)c2)C(=O)O1. The van der Waals surface area contributed by atoms with E-state index in [1.165, 1.54) is 17.9 Å². The van der Waals surface area contributed by atoms with Crippen molar-refractivity contribution < 1.29 is 23.8 Å². The number of rotatable bonds is 6. The summed E-state index contributed by atoms with van der Waals surface area (Å²) in [5.41, 5.74) is 3.97. The lowest BCUT2D eigenvalue weighted by molar-refractivity contribution is -0.119. The Kier molecular flexibility index (Phi) is 6.09. The van der Waals surface area contributed by atoms with Gasteiger partial charge < -0.3 is 20.1 Å². The first-order valence-corrected chi connectivity index (χ1v) is 8.84. The lowest BCUT2D eigenvalue weighted by atomic mass is 10.2. The van der Waals surface area contributed by atoms with Gasteiger partial charge in [-0.3, -0.25) is 9.69 Å². The van der Waals surface area contributed by atoms with Crippen molar-refractivity contribution in [2.45, 2.75) is 13.0 Å². The third-order valence-corrected chi connectivity index (χ3v) is 4.53. The number of carbonyl (C=O) groups is 2. The van der Waals surface area contributed by atoms with Gasteiger partial charge in [0.15, 0.2) is 0 Å². The molecule has 2 amide bonds. The Hall–Kier alpha value is -2.43. The second kappa shape index (κ2) is 8.51. The van der Waals surface area contributed by atoms with E-state index < -0.39 is 18.0 Å². The van der Waals surface area contributed by atoms with Crippen LogP contribution in [-0.4, -0.2) is 74.2 Å². The summed E-state index contributed by atoms with van der Waals surface area (Å²) in [6, 6.07) is 4.64. The van der Waals surface area contributed by atoms with Gasteiger partial charge in [0.2, 0.25) is 5.91 Å². The number of hydrogen-bond donors (Lipinski definition) is 3. The van der Waals surface area contributed by atoms with Crippen molar-refractivity contribution in [1.29, 1.82) is 0 Å². The number of amides is 2. The zero-order chi connectivity index (χ0) is 19.4. The molecule has 148 valence electrons. The van der Waals surface area contributed by atoms with E-state index in [0.29, 0.717) is 37.7 Å². The second-order valence-corrected chi connectivity index (χ2v) is 6.48. The number of carbonyl (C=O) groups excluding carboxylic acids is 2. The average molecular weight is 381 g/mol. The molecule has 1 atom stereocenters. The molecule has 3 rings (SSSR count). The summed E-state index contributed by atoms with van der Waals surface area (Å²) in [5.74, 6) is -0.629. The van der Waals surface area contributed by atoms with E-state index in [4.69, 9.17) is 9.84 Å². The first-order valence-electron chi connectivity index (χ1n) is 8.84. The van der Waals surface area contributed by atoms with Gasteiger partial charge in [0.1, 0.15) is 11.9 Å². The fourth-order valence-corrected chi connectivity index (χ4v) is 3.12. The highest BCUT2D eigenvalue weighted by molar-refractivity contribution is 5.90. The van der Waals surface area contributed by atoms with Gasteiger partial charge in [-0.05, 0) is 18.2 Å². The van der Waals surface area contributed by atoms with Crippen LogP contribution in [0.1, 0.15) is 6.92 Å². The van der Waals surface area contributed by atoms with Crippen LogP contribution in [0.15, 0.2) is 18.2 Å². The van der Waals surface area contributed by atoms with Crippen molar-refractivity contribution in [2.24, 2.45) is 0 Å². The van der Waals surface area contributed by atoms with Crippen molar-refractivity contribution in [3.63, 3.8) is 0 Å². The van der Waals surface area contributed by atoms with Crippen molar-refractivity contribution in [2.75, 3.05) is 55.8 Å². The van der Waals surface area contributed by atoms with Crippen LogP contribution in [-0.2, 0) is 9.53 Å². The smallest absolute Gasteiger partial charge is 0.414 e. The minimum Gasteiger partial charge on any atom is -0.442 e. The van der Waals surface area contributed by atoms with Crippen LogP contribution in [0.3, 0.4) is 0 Å². The van der Waals surface area contributed by atoms with Crippen molar-refractivity contribution in [3.05, 3.63) is 24.0 Å².